The maximum absolute atomic E-state index is 13.3. The number of carbonyl (C=O) groups excluding carboxylic acids is 2. The van der Waals surface area contributed by atoms with Gasteiger partial charge in [-0.05, 0) is 109 Å². The summed E-state index contributed by atoms with van der Waals surface area (Å²) in [5.74, 6) is -0.167. The molecule has 0 radical (unpaired) electrons. The van der Waals surface area contributed by atoms with Crippen molar-refractivity contribution in [2.24, 2.45) is 11.8 Å². The highest BCUT2D eigenvalue weighted by atomic mass is 16.6. The molecular formula is C28H44N2O4. The van der Waals surface area contributed by atoms with Gasteiger partial charge in [0.2, 0.25) is 0 Å². The van der Waals surface area contributed by atoms with Gasteiger partial charge in [0.15, 0.2) is 0 Å². The number of nitrogens with one attached hydrogen (secondary N) is 2. The molecule has 6 nitrogen and oxygen atoms in total. The van der Waals surface area contributed by atoms with Crippen LogP contribution in [0, 0.1) is 11.8 Å². The molecule has 2 aliphatic rings. The van der Waals surface area contributed by atoms with E-state index < -0.39 is 11.2 Å². The van der Waals surface area contributed by atoms with E-state index in [1.807, 2.05) is 39.8 Å². The van der Waals surface area contributed by atoms with Crippen LogP contribution in [0.1, 0.15) is 100 Å². The minimum Gasteiger partial charge on any atom is -0.456 e. The van der Waals surface area contributed by atoms with E-state index in [0.717, 1.165) is 57.4 Å². The first kappa shape index (κ1) is 26.7. The number of benzene rings is 1. The van der Waals surface area contributed by atoms with Gasteiger partial charge < -0.3 is 20.1 Å². The lowest BCUT2D eigenvalue weighted by atomic mass is 9.83. The molecule has 2 heterocycles. The van der Waals surface area contributed by atoms with Gasteiger partial charge in [0.1, 0.15) is 11.2 Å². The summed E-state index contributed by atoms with van der Waals surface area (Å²) in [5, 5.41) is 6.73. The van der Waals surface area contributed by atoms with Gasteiger partial charge in [-0.3, -0.25) is 0 Å². The summed E-state index contributed by atoms with van der Waals surface area (Å²) in [4.78, 5) is 26.6. The van der Waals surface area contributed by atoms with Crippen LogP contribution in [0.3, 0.4) is 0 Å². The fraction of sp³-hybridized carbons (Fsp3) is 0.714. The first-order valence-electron chi connectivity index (χ1n) is 12.8. The molecule has 2 saturated heterocycles. The number of rotatable bonds is 6. The van der Waals surface area contributed by atoms with E-state index in [0.29, 0.717) is 23.0 Å². The summed E-state index contributed by atoms with van der Waals surface area (Å²) < 4.78 is 12.1. The summed E-state index contributed by atoms with van der Waals surface area (Å²) in [6, 6.07) is 5.35. The quantitative estimate of drug-likeness (QED) is 0.576. The van der Waals surface area contributed by atoms with Crippen LogP contribution in [0.25, 0.3) is 0 Å². The molecule has 1 aromatic rings. The second-order valence-electron chi connectivity index (χ2n) is 12.1. The van der Waals surface area contributed by atoms with Crippen molar-refractivity contribution in [3.8, 4) is 0 Å². The molecule has 0 aliphatic carbocycles. The lowest BCUT2D eigenvalue weighted by Crippen LogP contribution is -2.43. The van der Waals surface area contributed by atoms with Crippen LogP contribution < -0.4 is 10.6 Å². The van der Waals surface area contributed by atoms with Crippen LogP contribution in [0.5, 0.6) is 0 Å². The topological polar surface area (TPSA) is 76.7 Å². The van der Waals surface area contributed by atoms with Crippen molar-refractivity contribution in [2.45, 2.75) is 90.8 Å². The van der Waals surface area contributed by atoms with Crippen LogP contribution in [-0.2, 0) is 14.9 Å². The number of piperidine rings is 2. The summed E-state index contributed by atoms with van der Waals surface area (Å²) in [7, 11) is 0. The average Bonchev–Trinajstić information content (AvgIpc) is 2.79. The third-order valence-corrected chi connectivity index (χ3v) is 7.63. The van der Waals surface area contributed by atoms with Gasteiger partial charge in [-0.15, -0.1) is 0 Å². The standard InChI is InChI=1S/C28H44N2O4/c1-26(2,3)23-17-19(24(31)33-27(4,5)21-8-12-29-13-9-21)16-20(18-23)25(32)34-28(6,7)22-10-14-30-15-11-22/h16-18,21-22,29-30H,8-15H2,1-7H3. The van der Waals surface area contributed by atoms with Crippen LogP contribution in [0.2, 0.25) is 0 Å². The average molecular weight is 473 g/mol. The molecule has 0 saturated carbocycles. The Morgan fingerprint density at radius 1 is 0.676 bits per heavy atom. The van der Waals surface area contributed by atoms with Gasteiger partial charge in [0.25, 0.3) is 0 Å². The normalized spacial score (nSPS) is 19.0. The zero-order valence-electron chi connectivity index (χ0n) is 22.2. The fourth-order valence-electron chi connectivity index (χ4n) is 5.09. The summed E-state index contributed by atoms with van der Waals surface area (Å²) in [5.41, 5.74) is 0.333. The highest BCUT2D eigenvalue weighted by Crippen LogP contribution is 2.33. The van der Waals surface area contributed by atoms with Crippen molar-refractivity contribution < 1.29 is 19.1 Å². The molecule has 2 fully saturated rings. The van der Waals surface area contributed by atoms with Gasteiger partial charge in [-0.1, -0.05) is 20.8 Å². The van der Waals surface area contributed by atoms with Crippen molar-refractivity contribution in [3.63, 3.8) is 0 Å². The molecule has 0 atom stereocenters. The Balaban J connectivity index is 1.84. The van der Waals surface area contributed by atoms with Gasteiger partial charge >= 0.3 is 11.9 Å². The number of esters is 2. The molecule has 34 heavy (non-hydrogen) atoms. The summed E-state index contributed by atoms with van der Waals surface area (Å²) in [6.07, 6.45) is 3.91. The van der Waals surface area contributed by atoms with Gasteiger partial charge in [0, 0.05) is 11.8 Å². The van der Waals surface area contributed by atoms with E-state index in [4.69, 9.17) is 9.47 Å². The first-order chi connectivity index (χ1) is 15.8. The molecule has 0 unspecified atom stereocenters. The van der Waals surface area contributed by atoms with Crippen molar-refractivity contribution in [1.82, 2.24) is 10.6 Å². The molecule has 190 valence electrons. The van der Waals surface area contributed by atoms with Crippen LogP contribution in [0.4, 0.5) is 0 Å². The molecule has 0 aromatic heterocycles. The van der Waals surface area contributed by atoms with E-state index >= 15 is 0 Å². The Hall–Kier alpha value is -1.92. The molecule has 2 aliphatic heterocycles. The van der Waals surface area contributed by atoms with Crippen molar-refractivity contribution >= 4 is 11.9 Å². The number of hydrogen-bond acceptors (Lipinski definition) is 6. The third kappa shape index (κ3) is 6.60. The minimum atomic E-state index is -0.575. The second kappa shape index (κ2) is 10.4. The van der Waals surface area contributed by atoms with E-state index in [1.54, 1.807) is 6.07 Å². The lowest BCUT2D eigenvalue weighted by Gasteiger charge is -2.37. The number of hydrogen-bond donors (Lipinski definition) is 2. The lowest BCUT2D eigenvalue weighted by molar-refractivity contribution is -0.0368. The fourth-order valence-corrected chi connectivity index (χ4v) is 5.09. The predicted octanol–water partition coefficient (Wildman–Crippen LogP) is 4.85. The number of ether oxygens (including phenoxy) is 2. The van der Waals surface area contributed by atoms with E-state index in [2.05, 4.69) is 31.4 Å². The third-order valence-electron chi connectivity index (χ3n) is 7.63. The van der Waals surface area contributed by atoms with E-state index in [9.17, 15) is 9.59 Å². The molecule has 6 heteroatoms. The molecule has 3 rings (SSSR count). The Morgan fingerprint density at radius 2 is 1.03 bits per heavy atom. The minimum absolute atomic E-state index is 0.236. The Kier molecular flexibility index (Phi) is 8.14. The maximum atomic E-state index is 13.3. The summed E-state index contributed by atoms with van der Waals surface area (Å²) in [6.45, 7) is 17.9. The highest BCUT2D eigenvalue weighted by Gasteiger charge is 2.36. The van der Waals surface area contributed by atoms with E-state index in [-0.39, 0.29) is 17.4 Å². The first-order valence-corrected chi connectivity index (χ1v) is 12.8. The van der Waals surface area contributed by atoms with Crippen molar-refractivity contribution in [1.29, 1.82) is 0 Å². The Labute approximate surface area is 205 Å². The second-order valence-corrected chi connectivity index (χ2v) is 12.1. The van der Waals surface area contributed by atoms with Gasteiger partial charge in [0.05, 0.1) is 11.1 Å². The summed E-state index contributed by atoms with van der Waals surface area (Å²) >= 11 is 0. The smallest absolute Gasteiger partial charge is 0.338 e. The van der Waals surface area contributed by atoms with Crippen molar-refractivity contribution in [3.05, 3.63) is 34.9 Å². The maximum Gasteiger partial charge on any atom is 0.338 e. The Bertz CT molecular complexity index is 811. The van der Waals surface area contributed by atoms with Gasteiger partial charge in [-0.2, -0.15) is 0 Å². The zero-order chi connectivity index (χ0) is 25.1. The molecule has 0 amide bonds. The molecule has 1 aromatic carbocycles. The Morgan fingerprint density at radius 3 is 1.35 bits per heavy atom. The molecule has 0 spiro atoms. The largest absolute Gasteiger partial charge is 0.456 e. The zero-order valence-corrected chi connectivity index (χ0v) is 22.2. The monoisotopic (exact) mass is 472 g/mol. The highest BCUT2D eigenvalue weighted by molar-refractivity contribution is 5.96. The van der Waals surface area contributed by atoms with Crippen LogP contribution >= 0.6 is 0 Å². The number of carbonyl (C=O) groups is 2. The van der Waals surface area contributed by atoms with Gasteiger partial charge in [-0.25, -0.2) is 9.59 Å². The predicted molar refractivity (Wildman–Crippen MR) is 135 cm³/mol. The molecule has 2 N–H and O–H groups in total. The molecule has 0 bridgehead atoms. The SMILES string of the molecule is CC(C)(C)c1cc(C(=O)OC(C)(C)C2CCNCC2)cc(C(=O)OC(C)(C)C2CCNCC2)c1. The van der Waals surface area contributed by atoms with E-state index in [1.165, 1.54) is 0 Å². The van der Waals surface area contributed by atoms with Crippen LogP contribution in [0.15, 0.2) is 18.2 Å². The van der Waals surface area contributed by atoms with Crippen molar-refractivity contribution in [2.75, 3.05) is 26.2 Å². The molecular weight excluding hydrogens is 428 g/mol. The van der Waals surface area contributed by atoms with Crippen LogP contribution in [-0.4, -0.2) is 49.3 Å².